The van der Waals surface area contributed by atoms with Gasteiger partial charge < -0.3 is 5.32 Å². The Balaban J connectivity index is 2.04. The van der Waals surface area contributed by atoms with E-state index in [1.165, 1.54) is 0 Å². The van der Waals surface area contributed by atoms with Gasteiger partial charge in [0.15, 0.2) is 5.82 Å². The van der Waals surface area contributed by atoms with Gasteiger partial charge in [0.05, 0.1) is 23.1 Å². The van der Waals surface area contributed by atoms with Crippen LogP contribution in [-0.2, 0) is 13.1 Å². The van der Waals surface area contributed by atoms with E-state index in [9.17, 15) is 0 Å². The molecule has 0 fully saturated rings. The van der Waals surface area contributed by atoms with Crippen molar-refractivity contribution in [3.05, 3.63) is 46.0 Å². The first-order valence-corrected chi connectivity index (χ1v) is 6.47. The highest BCUT2D eigenvalue weighted by atomic mass is 35.5. The third kappa shape index (κ3) is 3.45. The van der Waals surface area contributed by atoms with Crippen LogP contribution in [0.1, 0.15) is 18.3 Å². The molecular formula is C12H14Cl2N4. The Morgan fingerprint density at radius 2 is 2.11 bits per heavy atom. The molecule has 0 aliphatic rings. The molecule has 0 aliphatic carbocycles. The topological polar surface area (TPSA) is 42.7 Å². The predicted molar refractivity (Wildman–Crippen MR) is 73.0 cm³/mol. The highest BCUT2D eigenvalue weighted by molar-refractivity contribution is 6.42. The van der Waals surface area contributed by atoms with E-state index < -0.39 is 0 Å². The molecule has 1 aromatic heterocycles. The number of benzene rings is 1. The van der Waals surface area contributed by atoms with Gasteiger partial charge in [-0.25, -0.2) is 9.67 Å². The number of hydrogen-bond acceptors (Lipinski definition) is 3. The van der Waals surface area contributed by atoms with Crippen LogP contribution in [0.25, 0.3) is 0 Å². The first-order valence-electron chi connectivity index (χ1n) is 5.72. The summed E-state index contributed by atoms with van der Waals surface area (Å²) in [6, 6.07) is 5.56. The average molecular weight is 285 g/mol. The van der Waals surface area contributed by atoms with Crippen LogP contribution in [0.3, 0.4) is 0 Å². The molecule has 1 aromatic carbocycles. The summed E-state index contributed by atoms with van der Waals surface area (Å²) in [4.78, 5) is 4.22. The number of rotatable bonds is 5. The summed E-state index contributed by atoms with van der Waals surface area (Å²) in [7, 11) is 0. The Bertz CT molecular complexity index is 525. The van der Waals surface area contributed by atoms with Gasteiger partial charge in [0.2, 0.25) is 0 Å². The average Bonchev–Trinajstić information content (AvgIpc) is 2.79. The maximum absolute atomic E-state index is 5.97. The van der Waals surface area contributed by atoms with Gasteiger partial charge in [-0.05, 0) is 24.2 Å². The summed E-state index contributed by atoms with van der Waals surface area (Å²) in [5.41, 5.74) is 1.05. The Labute approximate surface area is 116 Å². The van der Waals surface area contributed by atoms with Crippen molar-refractivity contribution >= 4 is 23.2 Å². The molecule has 0 saturated carbocycles. The molecule has 18 heavy (non-hydrogen) atoms. The zero-order chi connectivity index (χ0) is 13.0. The Kier molecular flexibility index (Phi) is 4.58. The summed E-state index contributed by atoms with van der Waals surface area (Å²) in [6.45, 7) is 4.27. The number of nitrogens with zero attached hydrogens (tertiary/aromatic N) is 3. The van der Waals surface area contributed by atoms with Crippen LogP contribution in [0.5, 0.6) is 0 Å². The van der Waals surface area contributed by atoms with E-state index in [2.05, 4.69) is 15.4 Å². The van der Waals surface area contributed by atoms with Crippen LogP contribution >= 0.6 is 23.2 Å². The van der Waals surface area contributed by atoms with Crippen LogP contribution in [0.15, 0.2) is 24.5 Å². The highest BCUT2D eigenvalue weighted by Crippen LogP contribution is 2.22. The monoisotopic (exact) mass is 284 g/mol. The van der Waals surface area contributed by atoms with Gasteiger partial charge in [0.25, 0.3) is 0 Å². The van der Waals surface area contributed by atoms with Gasteiger partial charge >= 0.3 is 0 Å². The lowest BCUT2D eigenvalue weighted by Gasteiger charge is -2.03. The van der Waals surface area contributed by atoms with Crippen molar-refractivity contribution < 1.29 is 0 Å². The summed E-state index contributed by atoms with van der Waals surface area (Å²) < 4.78 is 1.78. The molecule has 2 aromatic rings. The molecule has 0 radical (unpaired) electrons. The van der Waals surface area contributed by atoms with Gasteiger partial charge in [0, 0.05) is 0 Å². The molecule has 0 aliphatic heterocycles. The van der Waals surface area contributed by atoms with E-state index in [1.807, 2.05) is 19.1 Å². The Morgan fingerprint density at radius 1 is 1.28 bits per heavy atom. The normalized spacial score (nSPS) is 10.8. The molecule has 2 rings (SSSR count). The van der Waals surface area contributed by atoms with Crippen molar-refractivity contribution in [3.63, 3.8) is 0 Å². The second kappa shape index (κ2) is 6.18. The van der Waals surface area contributed by atoms with Gasteiger partial charge in [-0.15, -0.1) is 0 Å². The van der Waals surface area contributed by atoms with Gasteiger partial charge in [-0.2, -0.15) is 5.10 Å². The molecule has 0 atom stereocenters. The SMILES string of the molecule is CCNCc1ncn(Cc2ccc(Cl)c(Cl)c2)n1. The largest absolute Gasteiger partial charge is 0.310 e. The number of halogens is 2. The van der Waals surface area contributed by atoms with Crippen molar-refractivity contribution in [3.8, 4) is 0 Å². The minimum absolute atomic E-state index is 0.558. The third-order valence-corrected chi connectivity index (χ3v) is 3.18. The summed E-state index contributed by atoms with van der Waals surface area (Å²) >= 11 is 11.8. The summed E-state index contributed by atoms with van der Waals surface area (Å²) in [5.74, 6) is 0.789. The summed E-state index contributed by atoms with van der Waals surface area (Å²) in [6.07, 6.45) is 1.72. The van der Waals surface area contributed by atoms with Crippen LogP contribution in [0.2, 0.25) is 10.0 Å². The number of nitrogens with one attached hydrogen (secondary N) is 1. The maximum Gasteiger partial charge on any atom is 0.164 e. The smallest absolute Gasteiger partial charge is 0.164 e. The lowest BCUT2D eigenvalue weighted by molar-refractivity contribution is 0.643. The molecule has 0 spiro atoms. The van der Waals surface area contributed by atoms with Crippen LogP contribution < -0.4 is 5.32 Å². The molecule has 0 unspecified atom stereocenters. The molecule has 0 amide bonds. The zero-order valence-electron chi connectivity index (χ0n) is 10.0. The van der Waals surface area contributed by atoms with E-state index in [0.717, 1.165) is 17.9 Å². The van der Waals surface area contributed by atoms with Gasteiger partial charge in [-0.3, -0.25) is 0 Å². The quantitative estimate of drug-likeness (QED) is 0.918. The fourth-order valence-corrected chi connectivity index (χ4v) is 1.87. The molecule has 1 N–H and O–H groups in total. The minimum atomic E-state index is 0.558. The summed E-state index contributed by atoms with van der Waals surface area (Å²) in [5, 5.41) is 8.66. The van der Waals surface area contributed by atoms with Crippen LogP contribution in [0.4, 0.5) is 0 Å². The molecule has 6 heteroatoms. The van der Waals surface area contributed by atoms with E-state index in [4.69, 9.17) is 23.2 Å². The Hall–Kier alpha value is -1.10. The first-order chi connectivity index (χ1) is 8.69. The fraction of sp³-hybridized carbons (Fsp3) is 0.333. The van der Waals surface area contributed by atoms with Gasteiger partial charge in [0.1, 0.15) is 6.33 Å². The molecule has 0 saturated heterocycles. The maximum atomic E-state index is 5.97. The minimum Gasteiger partial charge on any atom is -0.310 e. The molecule has 96 valence electrons. The van der Waals surface area contributed by atoms with E-state index in [1.54, 1.807) is 17.1 Å². The van der Waals surface area contributed by atoms with Crippen molar-refractivity contribution in [1.29, 1.82) is 0 Å². The number of aromatic nitrogens is 3. The molecule has 0 bridgehead atoms. The first kappa shape index (κ1) is 13.3. The van der Waals surface area contributed by atoms with Crippen LogP contribution in [-0.4, -0.2) is 21.3 Å². The molecular weight excluding hydrogens is 271 g/mol. The van der Waals surface area contributed by atoms with Crippen molar-refractivity contribution in [1.82, 2.24) is 20.1 Å². The van der Waals surface area contributed by atoms with Crippen molar-refractivity contribution in [2.45, 2.75) is 20.0 Å². The lowest BCUT2D eigenvalue weighted by atomic mass is 10.2. The van der Waals surface area contributed by atoms with E-state index in [-0.39, 0.29) is 0 Å². The standard InChI is InChI=1S/C12H14Cl2N4/c1-2-15-6-12-16-8-18(17-12)7-9-3-4-10(13)11(14)5-9/h3-5,8,15H,2,6-7H2,1H3. The third-order valence-electron chi connectivity index (χ3n) is 2.45. The Morgan fingerprint density at radius 3 is 2.83 bits per heavy atom. The van der Waals surface area contributed by atoms with Crippen molar-refractivity contribution in [2.75, 3.05) is 6.54 Å². The van der Waals surface area contributed by atoms with Crippen LogP contribution in [0, 0.1) is 0 Å². The number of hydrogen-bond donors (Lipinski definition) is 1. The zero-order valence-corrected chi connectivity index (χ0v) is 11.5. The van der Waals surface area contributed by atoms with E-state index in [0.29, 0.717) is 23.1 Å². The highest BCUT2D eigenvalue weighted by Gasteiger charge is 2.03. The predicted octanol–water partition coefficient (Wildman–Crippen LogP) is 2.74. The second-order valence-corrected chi connectivity index (χ2v) is 4.70. The molecule has 1 heterocycles. The second-order valence-electron chi connectivity index (χ2n) is 3.89. The van der Waals surface area contributed by atoms with Gasteiger partial charge in [-0.1, -0.05) is 36.2 Å². The van der Waals surface area contributed by atoms with Crippen molar-refractivity contribution in [2.24, 2.45) is 0 Å². The fourth-order valence-electron chi connectivity index (χ4n) is 1.55. The lowest BCUT2D eigenvalue weighted by Crippen LogP contribution is -2.13. The molecule has 4 nitrogen and oxygen atoms in total. The van der Waals surface area contributed by atoms with E-state index >= 15 is 0 Å².